The van der Waals surface area contributed by atoms with Crippen molar-refractivity contribution < 1.29 is 4.74 Å². The minimum absolute atomic E-state index is 0.750. The number of hydrogen-bond donors (Lipinski definition) is 0. The van der Waals surface area contributed by atoms with Gasteiger partial charge in [0.1, 0.15) is 10.9 Å². The molecule has 2 aromatic rings. The van der Waals surface area contributed by atoms with E-state index in [-0.39, 0.29) is 0 Å². The molecule has 0 bridgehead atoms. The van der Waals surface area contributed by atoms with Crippen LogP contribution >= 0.6 is 11.6 Å². The summed E-state index contributed by atoms with van der Waals surface area (Å²) in [5.41, 5.74) is 3.42. The third-order valence-corrected chi connectivity index (χ3v) is 4.93. The van der Waals surface area contributed by atoms with Gasteiger partial charge in [0.05, 0.1) is 12.8 Å². The number of aromatic nitrogens is 2. The van der Waals surface area contributed by atoms with Crippen molar-refractivity contribution in [3.8, 4) is 5.75 Å². The van der Waals surface area contributed by atoms with Crippen LogP contribution in [0, 0.1) is 6.92 Å². The maximum Gasteiger partial charge on any atom is 0.131 e. The second-order valence-electron chi connectivity index (χ2n) is 5.94. The van der Waals surface area contributed by atoms with Gasteiger partial charge in [-0.25, -0.2) is 0 Å². The minimum atomic E-state index is 0.750. The molecule has 0 saturated carbocycles. The van der Waals surface area contributed by atoms with E-state index in [2.05, 4.69) is 27.0 Å². The summed E-state index contributed by atoms with van der Waals surface area (Å²) in [5, 5.41) is 5.14. The highest BCUT2D eigenvalue weighted by atomic mass is 35.5. The number of anilines is 1. The summed E-state index contributed by atoms with van der Waals surface area (Å²) in [6, 6.07) is 8.27. The number of piperazine rings is 1. The number of halogens is 1. The molecule has 0 atom stereocenters. The average molecular weight is 335 g/mol. The van der Waals surface area contributed by atoms with Crippen molar-refractivity contribution in [2.75, 3.05) is 38.2 Å². The summed E-state index contributed by atoms with van der Waals surface area (Å²) in [6.07, 6.45) is 0. The normalized spacial score (nSPS) is 15.9. The fraction of sp³-hybridized carbons (Fsp3) is 0.471. The molecule has 1 aliphatic heterocycles. The number of rotatable bonds is 4. The Labute approximate surface area is 142 Å². The van der Waals surface area contributed by atoms with Gasteiger partial charge in [0.25, 0.3) is 0 Å². The number of hydrogen-bond acceptors (Lipinski definition) is 4. The Bertz CT molecular complexity index is 660. The van der Waals surface area contributed by atoms with Crippen molar-refractivity contribution in [1.29, 1.82) is 0 Å². The number of nitrogens with zero attached hydrogens (tertiary/aromatic N) is 4. The fourth-order valence-electron chi connectivity index (χ4n) is 3.03. The summed E-state index contributed by atoms with van der Waals surface area (Å²) < 4.78 is 6.97. The van der Waals surface area contributed by atoms with Crippen LogP contribution < -0.4 is 9.64 Å². The van der Waals surface area contributed by atoms with Crippen LogP contribution in [0.25, 0.3) is 0 Å². The van der Waals surface area contributed by atoms with Crippen LogP contribution in [0.15, 0.2) is 24.3 Å². The molecule has 1 aromatic carbocycles. The van der Waals surface area contributed by atoms with E-state index in [1.807, 2.05) is 26.1 Å². The summed E-state index contributed by atoms with van der Waals surface area (Å²) in [6.45, 7) is 6.98. The molecule has 1 saturated heterocycles. The second kappa shape index (κ2) is 6.81. The number of benzene rings is 1. The zero-order valence-electron chi connectivity index (χ0n) is 13.9. The molecule has 1 aromatic heterocycles. The van der Waals surface area contributed by atoms with E-state index in [0.717, 1.165) is 54.9 Å². The zero-order chi connectivity index (χ0) is 16.4. The molecule has 0 N–H and O–H groups in total. The molecule has 6 heteroatoms. The first-order valence-corrected chi connectivity index (χ1v) is 8.25. The predicted molar refractivity (Wildman–Crippen MR) is 93.4 cm³/mol. The first-order valence-electron chi connectivity index (χ1n) is 7.88. The lowest BCUT2D eigenvalue weighted by molar-refractivity contribution is 0.249. The lowest BCUT2D eigenvalue weighted by Crippen LogP contribution is -2.46. The van der Waals surface area contributed by atoms with Gasteiger partial charge in [0.2, 0.25) is 0 Å². The Kier molecular flexibility index (Phi) is 4.78. The molecule has 1 aliphatic rings. The van der Waals surface area contributed by atoms with Crippen molar-refractivity contribution in [3.63, 3.8) is 0 Å². The summed E-state index contributed by atoms with van der Waals surface area (Å²) in [7, 11) is 3.58. The SMILES string of the molecule is COc1ccc(N2CCN(Cc3c(C)nn(C)c3Cl)CC2)cc1. The molecule has 1 fully saturated rings. The van der Waals surface area contributed by atoms with Gasteiger partial charge in [-0.1, -0.05) is 11.6 Å². The Hall–Kier alpha value is -1.72. The largest absolute Gasteiger partial charge is 0.497 e. The fourth-order valence-corrected chi connectivity index (χ4v) is 3.27. The molecule has 0 unspecified atom stereocenters. The van der Waals surface area contributed by atoms with Gasteiger partial charge < -0.3 is 9.64 Å². The molecule has 5 nitrogen and oxygen atoms in total. The van der Waals surface area contributed by atoms with E-state index >= 15 is 0 Å². The summed E-state index contributed by atoms with van der Waals surface area (Å²) >= 11 is 6.34. The van der Waals surface area contributed by atoms with Gasteiger partial charge >= 0.3 is 0 Å². The van der Waals surface area contributed by atoms with E-state index in [1.54, 1.807) is 11.8 Å². The van der Waals surface area contributed by atoms with Gasteiger partial charge in [-0.15, -0.1) is 0 Å². The topological polar surface area (TPSA) is 33.5 Å². The Morgan fingerprint density at radius 3 is 2.30 bits per heavy atom. The standard InChI is InChI=1S/C17H23ClN4O/c1-13-16(17(18)20(2)19-13)12-21-8-10-22(11-9-21)14-4-6-15(23-3)7-5-14/h4-7H,8-12H2,1-3H3. The molecule has 23 heavy (non-hydrogen) atoms. The Morgan fingerprint density at radius 2 is 1.78 bits per heavy atom. The highest BCUT2D eigenvalue weighted by molar-refractivity contribution is 6.30. The third kappa shape index (κ3) is 3.46. The number of methoxy groups -OCH3 is 1. The van der Waals surface area contributed by atoms with Crippen LogP contribution in [-0.2, 0) is 13.6 Å². The maximum atomic E-state index is 6.34. The Balaban J connectivity index is 1.59. The van der Waals surface area contributed by atoms with Crippen molar-refractivity contribution >= 4 is 17.3 Å². The second-order valence-corrected chi connectivity index (χ2v) is 6.30. The summed E-state index contributed by atoms with van der Waals surface area (Å²) in [5.74, 6) is 0.897. The molecule has 0 aliphatic carbocycles. The van der Waals surface area contributed by atoms with Gasteiger partial charge in [-0.2, -0.15) is 5.10 Å². The lowest BCUT2D eigenvalue weighted by Gasteiger charge is -2.36. The van der Waals surface area contributed by atoms with Crippen molar-refractivity contribution in [1.82, 2.24) is 14.7 Å². The van der Waals surface area contributed by atoms with Crippen LogP contribution in [0.1, 0.15) is 11.3 Å². The van der Waals surface area contributed by atoms with E-state index in [0.29, 0.717) is 0 Å². The predicted octanol–water partition coefficient (Wildman–Crippen LogP) is 2.71. The first kappa shape index (κ1) is 16.1. The van der Waals surface area contributed by atoms with Gasteiger partial charge in [0, 0.05) is 51.0 Å². The zero-order valence-corrected chi connectivity index (χ0v) is 14.7. The molecule has 124 valence electrons. The van der Waals surface area contributed by atoms with Crippen molar-refractivity contribution in [2.45, 2.75) is 13.5 Å². The molecule has 3 rings (SSSR count). The maximum absolute atomic E-state index is 6.34. The molecular weight excluding hydrogens is 312 g/mol. The number of ether oxygens (including phenoxy) is 1. The summed E-state index contributed by atoms with van der Waals surface area (Å²) in [4.78, 5) is 4.85. The molecule has 0 spiro atoms. The van der Waals surface area contributed by atoms with Gasteiger partial charge in [0.15, 0.2) is 0 Å². The van der Waals surface area contributed by atoms with Crippen molar-refractivity contribution in [3.05, 3.63) is 40.7 Å². The Morgan fingerprint density at radius 1 is 1.13 bits per heavy atom. The van der Waals surface area contributed by atoms with Crippen LogP contribution in [0.5, 0.6) is 5.75 Å². The van der Waals surface area contributed by atoms with Gasteiger partial charge in [-0.3, -0.25) is 9.58 Å². The van der Waals surface area contributed by atoms with E-state index in [1.165, 1.54) is 5.69 Å². The van der Waals surface area contributed by atoms with Crippen molar-refractivity contribution in [2.24, 2.45) is 7.05 Å². The van der Waals surface area contributed by atoms with Crippen LogP contribution in [0.4, 0.5) is 5.69 Å². The van der Waals surface area contributed by atoms with Crippen LogP contribution in [0.2, 0.25) is 5.15 Å². The monoisotopic (exact) mass is 334 g/mol. The quantitative estimate of drug-likeness (QED) is 0.861. The van der Waals surface area contributed by atoms with E-state index < -0.39 is 0 Å². The average Bonchev–Trinajstić information content (AvgIpc) is 2.82. The highest BCUT2D eigenvalue weighted by Gasteiger charge is 2.20. The number of aryl methyl sites for hydroxylation is 2. The molecule has 0 amide bonds. The van der Waals surface area contributed by atoms with Crippen LogP contribution in [-0.4, -0.2) is 48.0 Å². The first-order chi connectivity index (χ1) is 11.1. The van der Waals surface area contributed by atoms with E-state index in [9.17, 15) is 0 Å². The van der Waals surface area contributed by atoms with Gasteiger partial charge in [-0.05, 0) is 31.2 Å². The smallest absolute Gasteiger partial charge is 0.131 e. The third-order valence-electron chi connectivity index (χ3n) is 4.46. The molecule has 0 radical (unpaired) electrons. The minimum Gasteiger partial charge on any atom is -0.497 e. The molecule has 2 heterocycles. The lowest BCUT2D eigenvalue weighted by atomic mass is 10.2. The highest BCUT2D eigenvalue weighted by Crippen LogP contribution is 2.23. The van der Waals surface area contributed by atoms with E-state index in [4.69, 9.17) is 16.3 Å². The van der Waals surface area contributed by atoms with Crippen LogP contribution in [0.3, 0.4) is 0 Å². The molecular formula is C17H23ClN4O.